The molecule has 0 bridgehead atoms. The van der Waals surface area contributed by atoms with Crippen molar-refractivity contribution in [3.05, 3.63) is 89.0 Å². The molecule has 10 heteroatoms. The maximum absolute atomic E-state index is 12.4. The van der Waals surface area contributed by atoms with E-state index in [0.717, 1.165) is 22.4 Å². The molecule has 0 spiro atoms. The molecule has 0 aromatic heterocycles. The van der Waals surface area contributed by atoms with Crippen LogP contribution in [0.5, 0.6) is 5.75 Å². The van der Waals surface area contributed by atoms with Crippen LogP contribution in [0.25, 0.3) is 0 Å². The Labute approximate surface area is 206 Å². The minimum atomic E-state index is -4.75. The number of hydrogen-bond acceptors (Lipinski definition) is 5. The molecule has 3 aromatic rings. The first kappa shape index (κ1) is 25.7. The zero-order valence-corrected chi connectivity index (χ0v) is 20.1. The Morgan fingerprint density at radius 2 is 1.63 bits per heavy atom. The van der Waals surface area contributed by atoms with Crippen LogP contribution in [0.1, 0.15) is 29.2 Å². The van der Waals surface area contributed by atoms with Crippen LogP contribution < -0.4 is 20.9 Å². The first-order valence-corrected chi connectivity index (χ1v) is 10.9. The number of benzene rings is 3. The molecule has 0 radical (unpaired) electrons. The summed E-state index contributed by atoms with van der Waals surface area (Å²) in [5, 5.41) is 11.9. The summed E-state index contributed by atoms with van der Waals surface area (Å²) in [6, 6.07) is 18.9. The number of thiocarbonyl (C=S) groups is 1. The standard InChI is InChI=1S/C25H24F3N5OS/c1-16-6-4-7-17(2)23(16)30-24(35)33-29-15-19-10-12-21(13-11-19)32-31-18(3)20-8-5-9-22(14-20)34-25(26,27)28/h4-15,32H,1-3H3,(H2,30,33,35)/b29-15+,31-18+. The number of anilines is 2. The zero-order chi connectivity index (χ0) is 25.4. The van der Waals surface area contributed by atoms with E-state index in [1.807, 2.05) is 44.2 Å². The van der Waals surface area contributed by atoms with Crippen molar-refractivity contribution in [3.63, 3.8) is 0 Å². The van der Waals surface area contributed by atoms with Crippen molar-refractivity contribution in [2.75, 3.05) is 10.7 Å². The normalized spacial score (nSPS) is 11.9. The minimum absolute atomic E-state index is 0.300. The van der Waals surface area contributed by atoms with Crippen LogP contribution >= 0.6 is 12.2 Å². The van der Waals surface area contributed by atoms with E-state index in [4.69, 9.17) is 12.2 Å². The number of aryl methyl sites for hydroxylation is 2. The van der Waals surface area contributed by atoms with E-state index >= 15 is 0 Å². The molecule has 35 heavy (non-hydrogen) atoms. The molecule has 0 amide bonds. The highest BCUT2D eigenvalue weighted by atomic mass is 32.1. The quantitative estimate of drug-likeness (QED) is 0.201. The smallest absolute Gasteiger partial charge is 0.406 e. The van der Waals surface area contributed by atoms with E-state index in [9.17, 15) is 13.2 Å². The lowest BCUT2D eigenvalue weighted by Crippen LogP contribution is -2.24. The van der Waals surface area contributed by atoms with Crippen molar-refractivity contribution >= 4 is 40.6 Å². The van der Waals surface area contributed by atoms with E-state index in [0.29, 0.717) is 22.1 Å². The average molecular weight is 500 g/mol. The van der Waals surface area contributed by atoms with Gasteiger partial charge in [-0.2, -0.15) is 10.2 Å². The highest BCUT2D eigenvalue weighted by molar-refractivity contribution is 7.80. The number of nitrogens with zero attached hydrogens (tertiary/aromatic N) is 2. The Bertz CT molecular complexity index is 1220. The summed E-state index contributed by atoms with van der Waals surface area (Å²) in [7, 11) is 0. The summed E-state index contributed by atoms with van der Waals surface area (Å²) in [5.41, 5.74) is 11.3. The lowest BCUT2D eigenvalue weighted by atomic mass is 10.1. The third-order valence-electron chi connectivity index (χ3n) is 4.85. The number of halogens is 3. The maximum Gasteiger partial charge on any atom is 0.573 e. The van der Waals surface area contributed by atoms with Gasteiger partial charge in [-0.1, -0.05) is 42.5 Å². The summed E-state index contributed by atoms with van der Waals surface area (Å²) in [5.74, 6) is -0.300. The van der Waals surface area contributed by atoms with Gasteiger partial charge in [-0.25, -0.2) is 0 Å². The van der Waals surface area contributed by atoms with Gasteiger partial charge in [0.15, 0.2) is 5.11 Å². The Balaban J connectivity index is 1.54. The average Bonchev–Trinajstić information content (AvgIpc) is 2.80. The Morgan fingerprint density at radius 3 is 2.29 bits per heavy atom. The van der Waals surface area contributed by atoms with Crippen LogP contribution in [0.2, 0.25) is 0 Å². The van der Waals surface area contributed by atoms with Crippen molar-refractivity contribution in [3.8, 4) is 5.75 Å². The fourth-order valence-corrected chi connectivity index (χ4v) is 3.25. The van der Waals surface area contributed by atoms with Crippen molar-refractivity contribution in [2.45, 2.75) is 27.1 Å². The summed E-state index contributed by atoms with van der Waals surface area (Å²) in [6.45, 7) is 5.69. The third kappa shape index (κ3) is 8.11. The Morgan fingerprint density at radius 1 is 0.971 bits per heavy atom. The fraction of sp³-hybridized carbons (Fsp3) is 0.160. The molecule has 0 atom stereocenters. The second-order valence-electron chi connectivity index (χ2n) is 7.60. The van der Waals surface area contributed by atoms with E-state index in [1.165, 1.54) is 18.2 Å². The summed E-state index contributed by atoms with van der Waals surface area (Å²) < 4.78 is 41.2. The molecule has 6 nitrogen and oxygen atoms in total. The molecule has 0 saturated heterocycles. The summed E-state index contributed by atoms with van der Waals surface area (Å²) in [4.78, 5) is 0. The number of alkyl halides is 3. The van der Waals surface area contributed by atoms with Crippen molar-refractivity contribution in [1.82, 2.24) is 5.43 Å². The molecule has 0 fully saturated rings. The molecule has 0 heterocycles. The molecule has 3 N–H and O–H groups in total. The van der Waals surface area contributed by atoms with Crippen molar-refractivity contribution in [1.29, 1.82) is 0 Å². The van der Waals surface area contributed by atoms with Gasteiger partial charge >= 0.3 is 6.36 Å². The van der Waals surface area contributed by atoms with Gasteiger partial charge in [0.1, 0.15) is 5.75 Å². The number of ether oxygens (including phenoxy) is 1. The molecule has 0 aliphatic rings. The topological polar surface area (TPSA) is 70.0 Å². The number of rotatable bonds is 7. The molecule has 182 valence electrons. The van der Waals surface area contributed by atoms with Crippen molar-refractivity contribution in [2.24, 2.45) is 10.2 Å². The van der Waals surface area contributed by atoms with Crippen molar-refractivity contribution < 1.29 is 17.9 Å². The number of para-hydroxylation sites is 1. The first-order chi connectivity index (χ1) is 16.6. The van der Waals surface area contributed by atoms with Gasteiger partial charge in [-0.3, -0.25) is 10.9 Å². The second kappa shape index (κ2) is 11.5. The van der Waals surface area contributed by atoms with Gasteiger partial charge in [0.25, 0.3) is 0 Å². The third-order valence-corrected chi connectivity index (χ3v) is 5.04. The van der Waals surface area contributed by atoms with Crippen LogP contribution in [-0.2, 0) is 0 Å². The molecule has 0 aliphatic carbocycles. The van der Waals surface area contributed by atoms with E-state index in [1.54, 1.807) is 31.3 Å². The highest BCUT2D eigenvalue weighted by Gasteiger charge is 2.31. The fourth-order valence-electron chi connectivity index (χ4n) is 3.09. The Hall–Kier alpha value is -3.92. The molecule has 0 unspecified atom stereocenters. The zero-order valence-electron chi connectivity index (χ0n) is 19.3. The van der Waals surface area contributed by atoms with Crippen LogP contribution in [-0.4, -0.2) is 23.4 Å². The highest BCUT2D eigenvalue weighted by Crippen LogP contribution is 2.23. The van der Waals surface area contributed by atoms with Gasteiger partial charge in [-0.15, -0.1) is 13.2 Å². The van der Waals surface area contributed by atoms with E-state index < -0.39 is 6.36 Å². The van der Waals surface area contributed by atoms with E-state index in [-0.39, 0.29) is 5.75 Å². The van der Waals surface area contributed by atoms with Gasteiger partial charge < -0.3 is 10.1 Å². The van der Waals surface area contributed by atoms with Crippen LogP contribution in [0.4, 0.5) is 24.5 Å². The van der Waals surface area contributed by atoms with Crippen LogP contribution in [0.15, 0.2) is 76.9 Å². The van der Waals surface area contributed by atoms with E-state index in [2.05, 4.69) is 31.1 Å². The SMILES string of the molecule is C/C(=N\Nc1ccc(/C=N/NC(=S)Nc2c(C)cccc2C)cc1)c1cccc(OC(F)(F)F)c1. The lowest BCUT2D eigenvalue weighted by molar-refractivity contribution is -0.274. The van der Waals surface area contributed by atoms with Gasteiger partial charge in [-0.05, 0) is 73.9 Å². The van der Waals surface area contributed by atoms with Gasteiger partial charge in [0.05, 0.1) is 17.6 Å². The number of nitrogens with one attached hydrogen (secondary N) is 3. The molecule has 0 aliphatic heterocycles. The maximum atomic E-state index is 12.4. The molecule has 3 rings (SSSR count). The Kier molecular flexibility index (Phi) is 8.43. The first-order valence-electron chi connectivity index (χ1n) is 10.5. The predicted octanol–water partition coefficient (Wildman–Crippen LogP) is 6.36. The lowest BCUT2D eigenvalue weighted by Gasteiger charge is -2.12. The second-order valence-corrected chi connectivity index (χ2v) is 8.01. The largest absolute Gasteiger partial charge is 0.573 e. The number of hydrogen-bond donors (Lipinski definition) is 3. The van der Waals surface area contributed by atoms with Gasteiger partial charge in [0.2, 0.25) is 0 Å². The minimum Gasteiger partial charge on any atom is -0.406 e. The van der Waals surface area contributed by atoms with Gasteiger partial charge in [0, 0.05) is 11.3 Å². The summed E-state index contributed by atoms with van der Waals surface area (Å²) in [6.07, 6.45) is -3.12. The monoisotopic (exact) mass is 499 g/mol. The molecular formula is C25H24F3N5OS. The summed E-state index contributed by atoms with van der Waals surface area (Å²) >= 11 is 5.30. The van der Waals surface area contributed by atoms with Crippen LogP contribution in [0.3, 0.4) is 0 Å². The number of hydrazone groups is 2. The van der Waals surface area contributed by atoms with Crippen LogP contribution in [0, 0.1) is 13.8 Å². The molecule has 3 aromatic carbocycles. The molecular weight excluding hydrogens is 475 g/mol. The predicted molar refractivity (Wildman–Crippen MR) is 138 cm³/mol. The molecule has 0 saturated carbocycles.